The van der Waals surface area contributed by atoms with E-state index in [0.29, 0.717) is 0 Å². The van der Waals surface area contributed by atoms with Crippen molar-refractivity contribution in [3.05, 3.63) is 24.0 Å². The van der Waals surface area contributed by atoms with E-state index in [1.54, 1.807) is 0 Å². The zero-order chi connectivity index (χ0) is 8.84. The van der Waals surface area contributed by atoms with Crippen molar-refractivity contribution in [2.75, 3.05) is 11.9 Å². The number of nitrogens with zero attached hydrogens (tertiary/aromatic N) is 2. The molecule has 0 saturated carbocycles. The molecule has 1 aromatic carbocycles. The smallest absolute Gasteiger partial charge is 0.106 e. The number of hydrogen-bond donors (Lipinski definition) is 1. The highest BCUT2D eigenvalue weighted by Gasteiger charge is 2.14. The number of aryl methyl sites for hydroxylation is 1. The maximum atomic E-state index is 4.51. The molecule has 0 radical (unpaired) electrons. The molecular formula is C10H12ClN3. The Labute approximate surface area is 88.5 Å². The van der Waals surface area contributed by atoms with Gasteiger partial charge < -0.3 is 9.88 Å². The summed E-state index contributed by atoms with van der Waals surface area (Å²) in [5.74, 6) is 1.11. The summed E-state index contributed by atoms with van der Waals surface area (Å²) in [5, 5.41) is 3.38. The monoisotopic (exact) mass is 209 g/mol. The van der Waals surface area contributed by atoms with E-state index in [1.807, 2.05) is 6.07 Å². The standard InChI is InChI=1S/C10H11N3.ClH/c1-7-12-9-4-2-3-8-10(9)13(7)6-5-11-8;/h2-4,11H,5-6H2,1H3;1H. The predicted octanol–water partition coefficient (Wildman–Crippen LogP) is 2.19. The van der Waals surface area contributed by atoms with Crippen LogP contribution in [0.1, 0.15) is 5.82 Å². The van der Waals surface area contributed by atoms with Crippen LogP contribution in [0.3, 0.4) is 0 Å². The second-order valence-electron chi connectivity index (χ2n) is 3.41. The molecule has 3 nitrogen and oxygen atoms in total. The van der Waals surface area contributed by atoms with Crippen molar-refractivity contribution in [1.29, 1.82) is 0 Å². The van der Waals surface area contributed by atoms with Crippen LogP contribution >= 0.6 is 12.4 Å². The molecule has 0 fully saturated rings. The number of hydrogen-bond acceptors (Lipinski definition) is 2. The maximum Gasteiger partial charge on any atom is 0.106 e. The van der Waals surface area contributed by atoms with Crippen molar-refractivity contribution in [2.45, 2.75) is 13.5 Å². The van der Waals surface area contributed by atoms with E-state index >= 15 is 0 Å². The number of benzene rings is 1. The highest BCUT2D eigenvalue weighted by Crippen LogP contribution is 2.26. The molecule has 0 atom stereocenters. The molecular weight excluding hydrogens is 198 g/mol. The first kappa shape index (κ1) is 9.34. The minimum absolute atomic E-state index is 0. The van der Waals surface area contributed by atoms with Crippen molar-refractivity contribution in [1.82, 2.24) is 9.55 Å². The molecule has 1 aromatic heterocycles. The Hall–Kier alpha value is -1.22. The first-order chi connectivity index (χ1) is 6.36. The fourth-order valence-corrected chi connectivity index (χ4v) is 2.02. The fourth-order valence-electron chi connectivity index (χ4n) is 2.02. The Kier molecular flexibility index (Phi) is 2.11. The zero-order valence-corrected chi connectivity index (χ0v) is 8.77. The molecule has 1 aliphatic rings. The van der Waals surface area contributed by atoms with Gasteiger partial charge in [0.25, 0.3) is 0 Å². The number of anilines is 1. The van der Waals surface area contributed by atoms with Gasteiger partial charge in [-0.2, -0.15) is 0 Å². The van der Waals surface area contributed by atoms with Crippen LogP contribution < -0.4 is 5.32 Å². The SMILES string of the molecule is Cc1nc2cccc3c2n1CCN3.Cl. The van der Waals surface area contributed by atoms with Gasteiger partial charge in [-0.3, -0.25) is 0 Å². The van der Waals surface area contributed by atoms with Crippen LogP contribution in [0.5, 0.6) is 0 Å². The van der Waals surface area contributed by atoms with Crippen LogP contribution in [0.4, 0.5) is 5.69 Å². The summed E-state index contributed by atoms with van der Waals surface area (Å²) in [4.78, 5) is 4.51. The lowest BCUT2D eigenvalue weighted by Gasteiger charge is -2.17. The summed E-state index contributed by atoms with van der Waals surface area (Å²) in [6.07, 6.45) is 0. The maximum absolute atomic E-state index is 4.51. The van der Waals surface area contributed by atoms with Crippen molar-refractivity contribution < 1.29 is 0 Å². The van der Waals surface area contributed by atoms with Gasteiger partial charge in [-0.05, 0) is 19.1 Å². The van der Waals surface area contributed by atoms with Gasteiger partial charge in [0.15, 0.2) is 0 Å². The predicted molar refractivity (Wildman–Crippen MR) is 60.2 cm³/mol. The Bertz CT molecular complexity index is 475. The number of nitrogens with one attached hydrogen (secondary N) is 1. The van der Waals surface area contributed by atoms with Gasteiger partial charge in [0.2, 0.25) is 0 Å². The number of halogens is 1. The molecule has 1 N–H and O–H groups in total. The summed E-state index contributed by atoms with van der Waals surface area (Å²) in [6.45, 7) is 4.10. The lowest BCUT2D eigenvalue weighted by atomic mass is 10.2. The quantitative estimate of drug-likeness (QED) is 0.721. The third kappa shape index (κ3) is 1.09. The average Bonchev–Trinajstić information content (AvgIpc) is 2.47. The molecule has 14 heavy (non-hydrogen) atoms. The van der Waals surface area contributed by atoms with Gasteiger partial charge in [0.1, 0.15) is 5.82 Å². The molecule has 0 amide bonds. The molecule has 0 bridgehead atoms. The second-order valence-corrected chi connectivity index (χ2v) is 3.41. The Balaban J connectivity index is 0.000000750. The summed E-state index contributed by atoms with van der Waals surface area (Å²) >= 11 is 0. The minimum atomic E-state index is 0. The van der Waals surface area contributed by atoms with E-state index in [1.165, 1.54) is 11.2 Å². The first-order valence-corrected chi connectivity index (χ1v) is 4.56. The fraction of sp³-hybridized carbons (Fsp3) is 0.300. The highest BCUT2D eigenvalue weighted by molar-refractivity contribution is 5.89. The lowest BCUT2D eigenvalue weighted by Crippen LogP contribution is -2.17. The molecule has 1 aliphatic heterocycles. The molecule has 0 aliphatic carbocycles. The Morgan fingerprint density at radius 2 is 2.29 bits per heavy atom. The van der Waals surface area contributed by atoms with Gasteiger partial charge in [0.05, 0.1) is 16.7 Å². The van der Waals surface area contributed by atoms with E-state index in [0.717, 1.165) is 24.4 Å². The molecule has 0 unspecified atom stereocenters. The third-order valence-corrected chi connectivity index (χ3v) is 2.61. The summed E-state index contributed by atoms with van der Waals surface area (Å²) in [6, 6.07) is 6.22. The first-order valence-electron chi connectivity index (χ1n) is 4.56. The van der Waals surface area contributed by atoms with E-state index in [2.05, 4.69) is 33.9 Å². The van der Waals surface area contributed by atoms with Gasteiger partial charge in [-0.15, -0.1) is 12.4 Å². The zero-order valence-electron chi connectivity index (χ0n) is 7.95. The normalized spacial score (nSPS) is 13.5. The van der Waals surface area contributed by atoms with Crippen LogP contribution in [-0.4, -0.2) is 16.1 Å². The van der Waals surface area contributed by atoms with Crippen LogP contribution in [-0.2, 0) is 6.54 Å². The van der Waals surface area contributed by atoms with Gasteiger partial charge in [-0.1, -0.05) is 6.07 Å². The molecule has 0 saturated heterocycles. The second kappa shape index (κ2) is 3.17. The van der Waals surface area contributed by atoms with Crippen LogP contribution in [0.15, 0.2) is 18.2 Å². The van der Waals surface area contributed by atoms with E-state index in [-0.39, 0.29) is 12.4 Å². The minimum Gasteiger partial charge on any atom is -0.381 e. The summed E-state index contributed by atoms with van der Waals surface area (Å²) < 4.78 is 2.28. The number of imidazole rings is 1. The third-order valence-electron chi connectivity index (χ3n) is 2.61. The van der Waals surface area contributed by atoms with Crippen LogP contribution in [0.2, 0.25) is 0 Å². The topological polar surface area (TPSA) is 29.9 Å². The largest absolute Gasteiger partial charge is 0.381 e. The average molecular weight is 210 g/mol. The summed E-state index contributed by atoms with van der Waals surface area (Å²) in [7, 11) is 0. The number of rotatable bonds is 0. The Morgan fingerprint density at radius 1 is 1.43 bits per heavy atom. The van der Waals surface area contributed by atoms with Gasteiger partial charge >= 0.3 is 0 Å². The number of aromatic nitrogens is 2. The summed E-state index contributed by atoms with van der Waals surface area (Å²) in [5.41, 5.74) is 3.57. The van der Waals surface area contributed by atoms with Gasteiger partial charge in [0, 0.05) is 13.1 Å². The molecule has 4 heteroatoms. The number of para-hydroxylation sites is 1. The molecule has 2 aromatic rings. The lowest BCUT2D eigenvalue weighted by molar-refractivity contribution is 0.708. The van der Waals surface area contributed by atoms with Crippen molar-refractivity contribution in [2.24, 2.45) is 0 Å². The van der Waals surface area contributed by atoms with Crippen LogP contribution in [0.25, 0.3) is 11.0 Å². The van der Waals surface area contributed by atoms with Crippen molar-refractivity contribution in [3.63, 3.8) is 0 Å². The highest BCUT2D eigenvalue weighted by atomic mass is 35.5. The molecule has 2 heterocycles. The van der Waals surface area contributed by atoms with E-state index in [9.17, 15) is 0 Å². The van der Waals surface area contributed by atoms with Crippen LogP contribution in [0, 0.1) is 6.92 Å². The van der Waals surface area contributed by atoms with Crippen molar-refractivity contribution >= 4 is 29.1 Å². The van der Waals surface area contributed by atoms with E-state index < -0.39 is 0 Å². The Morgan fingerprint density at radius 3 is 3.14 bits per heavy atom. The molecule has 3 rings (SSSR count). The molecule has 74 valence electrons. The van der Waals surface area contributed by atoms with Crippen molar-refractivity contribution in [3.8, 4) is 0 Å². The van der Waals surface area contributed by atoms with E-state index in [4.69, 9.17) is 0 Å². The molecule has 0 spiro atoms. The van der Waals surface area contributed by atoms with Gasteiger partial charge in [-0.25, -0.2) is 4.98 Å².